The highest BCUT2D eigenvalue weighted by atomic mass is 19.2. The molecule has 1 N–H and O–H groups in total. The van der Waals surface area contributed by atoms with Crippen LogP contribution in [-0.4, -0.2) is 30.9 Å². The number of hydrogen-bond donors (Lipinski definition) is 1. The minimum absolute atomic E-state index is 0.127. The highest BCUT2D eigenvalue weighted by Crippen LogP contribution is 2.20. The Kier molecular flexibility index (Phi) is 5.46. The molecule has 1 amide bonds. The lowest BCUT2D eigenvalue weighted by Crippen LogP contribution is -2.36. The molecule has 0 aliphatic heterocycles. The van der Waals surface area contributed by atoms with Crippen LogP contribution in [0.5, 0.6) is 0 Å². The highest BCUT2D eigenvalue weighted by molar-refractivity contribution is 5.78. The van der Waals surface area contributed by atoms with Crippen molar-refractivity contribution in [2.24, 2.45) is 0 Å². The summed E-state index contributed by atoms with van der Waals surface area (Å²) in [4.78, 5) is 13.2. The first-order chi connectivity index (χ1) is 8.95. The highest BCUT2D eigenvalue weighted by Gasteiger charge is 2.16. The molecular formula is C14H16F2N2O. The molecule has 0 aliphatic rings. The topological polar surface area (TPSA) is 32.3 Å². The van der Waals surface area contributed by atoms with Crippen molar-refractivity contribution >= 4 is 5.91 Å². The number of terminal acetylenes is 1. The van der Waals surface area contributed by atoms with Crippen LogP contribution in [0.1, 0.15) is 18.5 Å². The van der Waals surface area contributed by atoms with Gasteiger partial charge < -0.3 is 5.32 Å². The summed E-state index contributed by atoms with van der Waals surface area (Å²) < 4.78 is 26.0. The molecule has 0 aliphatic carbocycles. The van der Waals surface area contributed by atoms with E-state index >= 15 is 0 Å². The van der Waals surface area contributed by atoms with Gasteiger partial charge in [-0.05, 0) is 31.7 Å². The average Bonchev–Trinajstić information content (AvgIpc) is 2.38. The Morgan fingerprint density at radius 1 is 1.47 bits per heavy atom. The molecule has 1 aromatic rings. The van der Waals surface area contributed by atoms with Crippen LogP contribution in [0.4, 0.5) is 8.78 Å². The van der Waals surface area contributed by atoms with Gasteiger partial charge in [0.1, 0.15) is 0 Å². The first kappa shape index (κ1) is 15.1. The van der Waals surface area contributed by atoms with E-state index in [0.29, 0.717) is 5.56 Å². The van der Waals surface area contributed by atoms with Gasteiger partial charge in [0, 0.05) is 6.04 Å². The van der Waals surface area contributed by atoms with Gasteiger partial charge in [0.2, 0.25) is 5.91 Å². The first-order valence-corrected chi connectivity index (χ1v) is 5.81. The Balaban J connectivity index is 2.66. The van der Waals surface area contributed by atoms with E-state index in [-0.39, 0.29) is 25.0 Å². The quantitative estimate of drug-likeness (QED) is 0.823. The van der Waals surface area contributed by atoms with Crippen molar-refractivity contribution in [3.05, 3.63) is 35.4 Å². The fraction of sp³-hybridized carbons (Fsp3) is 0.357. The SMILES string of the molecule is C#CCNC(=O)CN(C)[C@H](C)c1ccc(F)c(F)c1. The van der Waals surface area contributed by atoms with Gasteiger partial charge in [-0.2, -0.15) is 0 Å². The summed E-state index contributed by atoms with van der Waals surface area (Å²) in [6, 6.07) is 3.49. The van der Waals surface area contributed by atoms with Crippen LogP contribution in [0.3, 0.4) is 0 Å². The molecule has 0 heterocycles. The molecular weight excluding hydrogens is 250 g/mol. The average molecular weight is 266 g/mol. The molecule has 0 radical (unpaired) electrons. The minimum Gasteiger partial charge on any atom is -0.344 e. The van der Waals surface area contributed by atoms with Gasteiger partial charge >= 0.3 is 0 Å². The summed E-state index contributed by atoms with van der Waals surface area (Å²) in [5.74, 6) is 0.314. The van der Waals surface area contributed by atoms with Crippen LogP contribution in [0.2, 0.25) is 0 Å². The summed E-state index contributed by atoms with van der Waals surface area (Å²) in [7, 11) is 1.72. The molecule has 5 heteroatoms. The maximum atomic E-state index is 13.1. The zero-order valence-corrected chi connectivity index (χ0v) is 10.9. The van der Waals surface area contributed by atoms with Crippen LogP contribution >= 0.6 is 0 Å². The van der Waals surface area contributed by atoms with Gasteiger partial charge in [-0.3, -0.25) is 9.69 Å². The zero-order chi connectivity index (χ0) is 14.4. The second-order valence-corrected chi connectivity index (χ2v) is 4.25. The van der Waals surface area contributed by atoms with Gasteiger partial charge in [-0.25, -0.2) is 8.78 Å². The van der Waals surface area contributed by atoms with E-state index < -0.39 is 11.6 Å². The third-order valence-corrected chi connectivity index (χ3v) is 2.87. The van der Waals surface area contributed by atoms with E-state index in [2.05, 4.69) is 11.2 Å². The van der Waals surface area contributed by atoms with Gasteiger partial charge in [0.05, 0.1) is 13.1 Å². The summed E-state index contributed by atoms with van der Waals surface area (Å²) >= 11 is 0. The molecule has 0 bridgehead atoms. The van der Waals surface area contributed by atoms with Crippen molar-refractivity contribution < 1.29 is 13.6 Å². The number of likely N-dealkylation sites (N-methyl/N-ethyl adjacent to an activating group) is 1. The smallest absolute Gasteiger partial charge is 0.234 e. The second kappa shape index (κ2) is 6.86. The summed E-state index contributed by atoms with van der Waals surface area (Å²) in [6.45, 7) is 2.11. The lowest BCUT2D eigenvalue weighted by atomic mass is 10.1. The molecule has 19 heavy (non-hydrogen) atoms. The second-order valence-electron chi connectivity index (χ2n) is 4.25. The normalized spacial score (nSPS) is 12.0. The monoisotopic (exact) mass is 266 g/mol. The lowest BCUT2D eigenvalue weighted by Gasteiger charge is -2.24. The third kappa shape index (κ3) is 4.34. The largest absolute Gasteiger partial charge is 0.344 e. The van der Waals surface area contributed by atoms with Crippen LogP contribution < -0.4 is 5.32 Å². The molecule has 102 valence electrons. The van der Waals surface area contributed by atoms with Gasteiger partial charge in [0.25, 0.3) is 0 Å². The first-order valence-electron chi connectivity index (χ1n) is 5.81. The van der Waals surface area contributed by atoms with Gasteiger partial charge in [-0.15, -0.1) is 6.42 Å². The molecule has 1 atom stereocenters. The minimum atomic E-state index is -0.894. The van der Waals surface area contributed by atoms with Crippen molar-refractivity contribution in [3.8, 4) is 12.3 Å². The maximum absolute atomic E-state index is 13.1. The summed E-state index contributed by atoms with van der Waals surface area (Å²) in [5.41, 5.74) is 0.603. The lowest BCUT2D eigenvalue weighted by molar-refractivity contribution is -0.122. The molecule has 0 fully saturated rings. The van der Waals surface area contributed by atoms with Crippen LogP contribution in [-0.2, 0) is 4.79 Å². The van der Waals surface area contributed by atoms with Crippen LogP contribution in [0.25, 0.3) is 0 Å². The van der Waals surface area contributed by atoms with Crippen molar-refractivity contribution in [1.29, 1.82) is 0 Å². The number of hydrogen-bond acceptors (Lipinski definition) is 2. The number of halogens is 2. The Morgan fingerprint density at radius 2 is 2.16 bits per heavy atom. The predicted octanol–water partition coefficient (Wildman–Crippen LogP) is 1.71. The summed E-state index contributed by atoms with van der Waals surface area (Å²) in [6.07, 6.45) is 5.03. The molecule has 0 aromatic heterocycles. The number of nitrogens with zero attached hydrogens (tertiary/aromatic N) is 1. The van der Waals surface area contributed by atoms with Crippen molar-refractivity contribution in [2.75, 3.05) is 20.1 Å². The van der Waals surface area contributed by atoms with Crippen molar-refractivity contribution in [3.63, 3.8) is 0 Å². The Labute approximate surface area is 111 Å². The molecule has 0 saturated heterocycles. The summed E-state index contributed by atoms with van der Waals surface area (Å²) in [5, 5.41) is 2.54. The van der Waals surface area contributed by atoms with Crippen LogP contribution in [0, 0.1) is 24.0 Å². The van der Waals surface area contributed by atoms with E-state index in [1.54, 1.807) is 18.9 Å². The van der Waals surface area contributed by atoms with E-state index in [1.807, 2.05) is 0 Å². The van der Waals surface area contributed by atoms with E-state index in [9.17, 15) is 13.6 Å². The number of benzene rings is 1. The van der Waals surface area contributed by atoms with Gasteiger partial charge in [0.15, 0.2) is 11.6 Å². The molecule has 0 saturated carbocycles. The molecule has 0 spiro atoms. The number of amides is 1. The molecule has 0 unspecified atom stereocenters. The molecule has 1 aromatic carbocycles. The van der Waals surface area contributed by atoms with E-state index in [0.717, 1.165) is 12.1 Å². The number of rotatable bonds is 5. The predicted molar refractivity (Wildman–Crippen MR) is 69.2 cm³/mol. The standard InChI is InChI=1S/C14H16F2N2O/c1-4-7-17-14(19)9-18(3)10(2)11-5-6-12(15)13(16)8-11/h1,5-6,8,10H,7,9H2,2-3H3,(H,17,19)/t10-/m1/s1. The zero-order valence-electron chi connectivity index (χ0n) is 10.9. The Hall–Kier alpha value is -1.93. The van der Waals surface area contributed by atoms with E-state index in [4.69, 9.17) is 6.42 Å². The van der Waals surface area contributed by atoms with Gasteiger partial charge in [-0.1, -0.05) is 12.0 Å². The Bertz CT molecular complexity index is 497. The fourth-order valence-electron chi connectivity index (χ4n) is 1.60. The molecule has 1 rings (SSSR count). The fourth-order valence-corrected chi connectivity index (χ4v) is 1.60. The third-order valence-electron chi connectivity index (χ3n) is 2.87. The van der Waals surface area contributed by atoms with E-state index in [1.165, 1.54) is 6.07 Å². The van der Waals surface area contributed by atoms with Crippen LogP contribution in [0.15, 0.2) is 18.2 Å². The van der Waals surface area contributed by atoms with Crippen molar-refractivity contribution in [2.45, 2.75) is 13.0 Å². The number of carbonyl (C=O) groups is 1. The number of nitrogens with one attached hydrogen (secondary N) is 1. The Morgan fingerprint density at radius 3 is 2.74 bits per heavy atom. The number of carbonyl (C=O) groups excluding carboxylic acids is 1. The molecule has 3 nitrogen and oxygen atoms in total. The maximum Gasteiger partial charge on any atom is 0.234 e. The van der Waals surface area contributed by atoms with Crippen molar-refractivity contribution in [1.82, 2.24) is 10.2 Å².